The van der Waals surface area contributed by atoms with E-state index in [1.54, 1.807) is 37.6 Å². The van der Waals surface area contributed by atoms with Crippen LogP contribution >= 0.6 is 0 Å². The zero-order valence-corrected chi connectivity index (χ0v) is 19.9. The molecule has 3 aromatic heterocycles. The number of carbonyl (C=O) groups is 1. The first-order valence-electron chi connectivity index (χ1n) is 11.6. The summed E-state index contributed by atoms with van der Waals surface area (Å²) in [6.07, 6.45) is 3.11. The van der Waals surface area contributed by atoms with E-state index in [-0.39, 0.29) is 6.61 Å². The quantitative estimate of drug-likeness (QED) is 0.197. The minimum absolute atomic E-state index is 0.262. The second-order valence-electron chi connectivity index (χ2n) is 8.02. The van der Waals surface area contributed by atoms with Crippen molar-refractivity contribution in [3.05, 3.63) is 102 Å². The standard InChI is InChI=1S/C28H24N4O4/c1-3-34-28(33)24-16-25(29-17-23-10-7-15-35-23)30-27-26(24)19(2)32(31-27)18-20-11-13-22(14-12-20)36-21-8-5-4-6-9-21/h4-17H,3,18H2,1-2H3. The van der Waals surface area contributed by atoms with Gasteiger partial charge >= 0.3 is 5.97 Å². The van der Waals surface area contributed by atoms with Crippen LogP contribution in [0.3, 0.4) is 0 Å². The van der Waals surface area contributed by atoms with Gasteiger partial charge in [-0.25, -0.2) is 14.8 Å². The first-order chi connectivity index (χ1) is 17.6. The van der Waals surface area contributed by atoms with Crippen LogP contribution in [-0.2, 0) is 11.3 Å². The van der Waals surface area contributed by atoms with Gasteiger partial charge in [0.05, 0.1) is 36.6 Å². The molecule has 0 fully saturated rings. The fourth-order valence-corrected chi connectivity index (χ4v) is 3.81. The summed E-state index contributed by atoms with van der Waals surface area (Å²) in [6.45, 7) is 4.45. The van der Waals surface area contributed by atoms with Crippen molar-refractivity contribution in [2.45, 2.75) is 20.4 Å². The van der Waals surface area contributed by atoms with Crippen LogP contribution in [0.2, 0.25) is 0 Å². The van der Waals surface area contributed by atoms with E-state index in [2.05, 4.69) is 15.1 Å². The molecular weight excluding hydrogens is 456 g/mol. The minimum atomic E-state index is -0.440. The van der Waals surface area contributed by atoms with E-state index >= 15 is 0 Å². The van der Waals surface area contributed by atoms with E-state index in [9.17, 15) is 4.79 Å². The van der Waals surface area contributed by atoms with E-state index in [0.717, 1.165) is 22.8 Å². The van der Waals surface area contributed by atoms with Crippen molar-refractivity contribution < 1.29 is 18.7 Å². The molecule has 8 nitrogen and oxygen atoms in total. The molecule has 5 aromatic rings. The van der Waals surface area contributed by atoms with Gasteiger partial charge in [-0.3, -0.25) is 4.68 Å². The topological polar surface area (TPSA) is 91.7 Å². The predicted molar refractivity (Wildman–Crippen MR) is 136 cm³/mol. The zero-order valence-electron chi connectivity index (χ0n) is 19.9. The molecule has 0 amide bonds. The van der Waals surface area contributed by atoms with Gasteiger partial charge in [0.25, 0.3) is 0 Å². The highest BCUT2D eigenvalue weighted by Gasteiger charge is 2.20. The van der Waals surface area contributed by atoms with Crippen molar-refractivity contribution in [3.8, 4) is 11.5 Å². The number of aryl methyl sites for hydroxylation is 1. The van der Waals surface area contributed by atoms with Crippen LogP contribution in [0, 0.1) is 6.92 Å². The Labute approximate surface area is 207 Å². The second-order valence-corrected chi connectivity index (χ2v) is 8.02. The van der Waals surface area contributed by atoms with Crippen molar-refractivity contribution in [1.29, 1.82) is 0 Å². The lowest BCUT2D eigenvalue weighted by Crippen LogP contribution is -2.06. The average Bonchev–Trinajstić information content (AvgIpc) is 3.52. The van der Waals surface area contributed by atoms with Crippen molar-refractivity contribution in [2.24, 2.45) is 4.99 Å². The third-order valence-electron chi connectivity index (χ3n) is 5.55. The molecule has 8 heteroatoms. The Morgan fingerprint density at radius 3 is 2.56 bits per heavy atom. The molecule has 0 radical (unpaired) electrons. The Kier molecular flexibility index (Phi) is 6.57. The van der Waals surface area contributed by atoms with Crippen LogP contribution in [0.4, 0.5) is 5.82 Å². The van der Waals surface area contributed by atoms with Crippen LogP contribution in [0.5, 0.6) is 11.5 Å². The molecule has 5 rings (SSSR count). The molecule has 0 aliphatic rings. The van der Waals surface area contributed by atoms with Gasteiger partial charge in [0, 0.05) is 5.69 Å². The minimum Gasteiger partial charge on any atom is -0.463 e. The summed E-state index contributed by atoms with van der Waals surface area (Å²) in [5.41, 5.74) is 2.64. The number of esters is 1. The molecule has 0 aliphatic heterocycles. The number of nitrogens with zero attached hydrogens (tertiary/aromatic N) is 4. The van der Waals surface area contributed by atoms with Gasteiger partial charge < -0.3 is 13.9 Å². The number of rotatable bonds is 8. The van der Waals surface area contributed by atoms with Gasteiger partial charge in [-0.1, -0.05) is 30.3 Å². The van der Waals surface area contributed by atoms with E-state index in [1.165, 1.54) is 0 Å². The Balaban J connectivity index is 1.45. The summed E-state index contributed by atoms with van der Waals surface area (Å²) in [5.74, 6) is 2.01. The second kappa shape index (κ2) is 10.3. The highest BCUT2D eigenvalue weighted by Crippen LogP contribution is 2.27. The number of pyridine rings is 1. The van der Waals surface area contributed by atoms with E-state index in [0.29, 0.717) is 34.7 Å². The summed E-state index contributed by atoms with van der Waals surface area (Å²) in [6, 6.07) is 22.6. The number of aliphatic imine (C=N–C) groups is 1. The number of aromatic nitrogens is 3. The Morgan fingerprint density at radius 2 is 1.83 bits per heavy atom. The molecule has 0 N–H and O–H groups in total. The molecule has 0 aliphatic carbocycles. The molecular formula is C28H24N4O4. The lowest BCUT2D eigenvalue weighted by molar-refractivity contribution is 0.0528. The molecule has 2 aromatic carbocycles. The maximum absolute atomic E-state index is 12.8. The van der Waals surface area contributed by atoms with Crippen molar-refractivity contribution >= 4 is 29.0 Å². The third kappa shape index (κ3) is 5.02. The first-order valence-corrected chi connectivity index (χ1v) is 11.6. The molecule has 3 heterocycles. The third-order valence-corrected chi connectivity index (χ3v) is 5.55. The van der Waals surface area contributed by atoms with Crippen molar-refractivity contribution in [3.63, 3.8) is 0 Å². The number of furan rings is 1. The fraction of sp³-hybridized carbons (Fsp3) is 0.143. The summed E-state index contributed by atoms with van der Waals surface area (Å²) in [4.78, 5) is 21.7. The SMILES string of the molecule is CCOC(=O)c1cc(N=Cc2ccco2)nc2nn(Cc3ccc(Oc4ccccc4)cc3)c(C)c12. The van der Waals surface area contributed by atoms with E-state index in [4.69, 9.17) is 13.9 Å². The maximum atomic E-state index is 12.8. The molecule has 0 unspecified atom stereocenters. The lowest BCUT2D eigenvalue weighted by atomic mass is 10.1. The number of benzene rings is 2. The van der Waals surface area contributed by atoms with E-state index in [1.807, 2.05) is 66.2 Å². The van der Waals surface area contributed by atoms with Gasteiger partial charge in [0.15, 0.2) is 11.5 Å². The number of fused-ring (bicyclic) bond motifs is 1. The van der Waals surface area contributed by atoms with Gasteiger partial charge in [0.1, 0.15) is 17.3 Å². The fourth-order valence-electron chi connectivity index (χ4n) is 3.81. The monoisotopic (exact) mass is 480 g/mol. The molecule has 36 heavy (non-hydrogen) atoms. The molecule has 0 bridgehead atoms. The molecule has 0 spiro atoms. The smallest absolute Gasteiger partial charge is 0.339 e. The number of hydrogen-bond acceptors (Lipinski definition) is 7. The Morgan fingerprint density at radius 1 is 1.06 bits per heavy atom. The molecule has 0 saturated carbocycles. The summed E-state index contributed by atoms with van der Waals surface area (Å²) in [5, 5.41) is 5.32. The van der Waals surface area contributed by atoms with Crippen molar-refractivity contribution in [2.75, 3.05) is 6.61 Å². The summed E-state index contributed by atoms with van der Waals surface area (Å²) >= 11 is 0. The maximum Gasteiger partial charge on any atom is 0.339 e. The van der Waals surface area contributed by atoms with Gasteiger partial charge in [-0.2, -0.15) is 5.10 Å². The van der Waals surface area contributed by atoms with Crippen LogP contribution in [-0.4, -0.2) is 33.6 Å². The predicted octanol–water partition coefficient (Wildman–Crippen LogP) is 6.10. The first kappa shape index (κ1) is 23.0. The van der Waals surface area contributed by atoms with Crippen LogP contribution in [0.1, 0.15) is 34.3 Å². The number of hydrogen-bond donors (Lipinski definition) is 0. The highest BCUT2D eigenvalue weighted by atomic mass is 16.5. The number of ether oxygens (including phenoxy) is 2. The Hall–Kier alpha value is -4.72. The summed E-state index contributed by atoms with van der Waals surface area (Å²) in [7, 11) is 0. The van der Waals surface area contributed by atoms with Crippen molar-refractivity contribution in [1.82, 2.24) is 14.8 Å². The van der Waals surface area contributed by atoms with Crippen LogP contribution in [0.15, 0.2) is 88.5 Å². The lowest BCUT2D eigenvalue weighted by Gasteiger charge is -2.08. The Bertz CT molecular complexity index is 1510. The van der Waals surface area contributed by atoms with Crippen LogP contribution in [0.25, 0.3) is 11.0 Å². The normalized spacial score (nSPS) is 11.3. The zero-order chi connectivity index (χ0) is 24.9. The molecule has 0 atom stereocenters. The molecule has 180 valence electrons. The van der Waals surface area contributed by atoms with Crippen LogP contribution < -0.4 is 4.74 Å². The average molecular weight is 481 g/mol. The van der Waals surface area contributed by atoms with Gasteiger partial charge in [0.2, 0.25) is 0 Å². The highest BCUT2D eigenvalue weighted by molar-refractivity contribution is 6.04. The van der Waals surface area contributed by atoms with Gasteiger partial charge in [-0.15, -0.1) is 0 Å². The number of para-hydroxylation sites is 1. The van der Waals surface area contributed by atoms with Gasteiger partial charge in [-0.05, 0) is 61.9 Å². The number of carbonyl (C=O) groups excluding carboxylic acids is 1. The molecule has 0 saturated heterocycles. The van der Waals surface area contributed by atoms with E-state index < -0.39 is 5.97 Å². The summed E-state index contributed by atoms with van der Waals surface area (Å²) < 4.78 is 18.3. The largest absolute Gasteiger partial charge is 0.463 e.